The Kier molecular flexibility index (Phi) is 8.31. The summed E-state index contributed by atoms with van der Waals surface area (Å²) < 4.78 is 5.19. The third-order valence-electron chi connectivity index (χ3n) is 3.85. The summed E-state index contributed by atoms with van der Waals surface area (Å²) in [5, 5.41) is 9.41. The van der Waals surface area contributed by atoms with Crippen LogP contribution in [0, 0.1) is 5.92 Å². The third-order valence-corrected chi connectivity index (χ3v) is 3.85. The van der Waals surface area contributed by atoms with E-state index in [4.69, 9.17) is 4.74 Å². The second-order valence-corrected chi connectivity index (χ2v) is 7.53. The zero-order chi connectivity index (χ0) is 18.2. The Labute approximate surface area is 146 Å². The van der Waals surface area contributed by atoms with Crippen molar-refractivity contribution in [1.29, 1.82) is 0 Å². The van der Waals surface area contributed by atoms with Crippen LogP contribution in [0.3, 0.4) is 0 Å². The van der Waals surface area contributed by atoms with E-state index in [1.54, 1.807) is 7.05 Å². The number of hydrogen-bond donors (Lipinski definition) is 3. The number of ether oxygens (including phenoxy) is 1. The normalized spacial score (nSPS) is 16.7. The molecular weight excluding hydrogens is 306 g/mol. The average Bonchev–Trinajstić information content (AvgIpc) is 3.27. The Morgan fingerprint density at radius 2 is 1.83 bits per heavy atom. The molecule has 0 aromatic heterocycles. The Bertz CT molecular complexity index is 412. The first kappa shape index (κ1) is 20.5. The molecule has 3 N–H and O–H groups in total. The minimum Gasteiger partial charge on any atom is -0.444 e. The molecule has 1 fully saturated rings. The van der Waals surface area contributed by atoms with Gasteiger partial charge in [-0.25, -0.2) is 4.79 Å². The van der Waals surface area contributed by atoms with Crippen LogP contribution in [-0.4, -0.2) is 69.4 Å². The van der Waals surface area contributed by atoms with E-state index in [2.05, 4.69) is 39.9 Å². The van der Waals surface area contributed by atoms with Crippen LogP contribution < -0.4 is 16.0 Å². The van der Waals surface area contributed by atoms with E-state index in [9.17, 15) is 4.79 Å². The lowest BCUT2D eigenvalue weighted by Crippen LogP contribution is -2.46. The van der Waals surface area contributed by atoms with Gasteiger partial charge in [-0.1, -0.05) is 0 Å². The highest BCUT2D eigenvalue weighted by atomic mass is 16.6. The lowest BCUT2D eigenvalue weighted by Gasteiger charge is -2.25. The summed E-state index contributed by atoms with van der Waals surface area (Å²) in [5.41, 5.74) is -0.459. The zero-order valence-electron chi connectivity index (χ0n) is 16.1. The number of guanidine groups is 1. The van der Waals surface area contributed by atoms with Crippen molar-refractivity contribution in [2.45, 2.75) is 51.7 Å². The molecule has 1 amide bonds. The van der Waals surface area contributed by atoms with Crippen LogP contribution >= 0.6 is 0 Å². The van der Waals surface area contributed by atoms with Crippen molar-refractivity contribution < 1.29 is 9.53 Å². The van der Waals surface area contributed by atoms with Crippen LogP contribution in [-0.2, 0) is 4.74 Å². The van der Waals surface area contributed by atoms with E-state index in [0.29, 0.717) is 12.6 Å². The van der Waals surface area contributed by atoms with Crippen LogP contribution in [0.25, 0.3) is 0 Å². The van der Waals surface area contributed by atoms with Crippen LogP contribution in [0.2, 0.25) is 0 Å². The molecule has 0 heterocycles. The largest absolute Gasteiger partial charge is 0.444 e. The summed E-state index contributed by atoms with van der Waals surface area (Å²) >= 11 is 0. The zero-order valence-corrected chi connectivity index (χ0v) is 16.1. The van der Waals surface area contributed by atoms with Crippen molar-refractivity contribution in [2.24, 2.45) is 10.9 Å². The van der Waals surface area contributed by atoms with Gasteiger partial charge in [0.05, 0.1) is 0 Å². The summed E-state index contributed by atoms with van der Waals surface area (Å²) in [6.45, 7) is 7.77. The van der Waals surface area contributed by atoms with Gasteiger partial charge in [0, 0.05) is 32.7 Å². The SMILES string of the molecule is CN=C(NCCCNC(=O)OC(C)(C)C)NCC(C1CC1)N(C)C. The van der Waals surface area contributed by atoms with E-state index in [-0.39, 0.29) is 6.09 Å². The van der Waals surface area contributed by atoms with Crippen LogP contribution in [0.4, 0.5) is 4.79 Å². The number of carbonyl (C=O) groups excluding carboxylic acids is 1. The van der Waals surface area contributed by atoms with E-state index < -0.39 is 5.60 Å². The number of aliphatic imine (C=N–C) groups is 1. The highest BCUT2D eigenvalue weighted by molar-refractivity contribution is 5.79. The van der Waals surface area contributed by atoms with Gasteiger partial charge in [0.1, 0.15) is 5.60 Å². The van der Waals surface area contributed by atoms with Gasteiger partial charge in [-0.05, 0) is 60.0 Å². The third kappa shape index (κ3) is 8.96. The van der Waals surface area contributed by atoms with Crippen molar-refractivity contribution in [1.82, 2.24) is 20.9 Å². The molecule has 140 valence electrons. The molecule has 0 aromatic carbocycles. The first-order valence-electron chi connectivity index (χ1n) is 8.80. The monoisotopic (exact) mass is 341 g/mol. The summed E-state index contributed by atoms with van der Waals surface area (Å²) in [4.78, 5) is 18.1. The van der Waals surface area contributed by atoms with E-state index in [0.717, 1.165) is 31.4 Å². The lowest BCUT2D eigenvalue weighted by atomic mass is 10.1. The fourth-order valence-corrected chi connectivity index (χ4v) is 2.47. The maximum atomic E-state index is 11.5. The lowest BCUT2D eigenvalue weighted by molar-refractivity contribution is 0.0527. The average molecular weight is 342 g/mol. The van der Waals surface area contributed by atoms with Crippen molar-refractivity contribution in [2.75, 3.05) is 40.8 Å². The maximum Gasteiger partial charge on any atom is 0.407 e. The second-order valence-electron chi connectivity index (χ2n) is 7.53. The Morgan fingerprint density at radius 1 is 1.21 bits per heavy atom. The maximum absolute atomic E-state index is 11.5. The van der Waals surface area contributed by atoms with Gasteiger partial charge in [0.25, 0.3) is 0 Å². The first-order chi connectivity index (χ1) is 11.2. The minimum absolute atomic E-state index is 0.372. The molecule has 1 atom stereocenters. The van der Waals surface area contributed by atoms with Gasteiger partial charge in [0.2, 0.25) is 0 Å². The summed E-state index contributed by atoms with van der Waals surface area (Å²) in [6, 6.07) is 0.553. The fourth-order valence-electron chi connectivity index (χ4n) is 2.47. The van der Waals surface area contributed by atoms with Crippen LogP contribution in [0.1, 0.15) is 40.0 Å². The number of alkyl carbamates (subject to hydrolysis) is 1. The molecule has 0 bridgehead atoms. The van der Waals surface area contributed by atoms with Gasteiger partial charge >= 0.3 is 6.09 Å². The number of amides is 1. The highest BCUT2D eigenvalue weighted by Crippen LogP contribution is 2.34. The van der Waals surface area contributed by atoms with Gasteiger partial charge < -0.3 is 25.6 Å². The van der Waals surface area contributed by atoms with Gasteiger partial charge in [-0.2, -0.15) is 0 Å². The van der Waals surface area contributed by atoms with Crippen molar-refractivity contribution in [3.63, 3.8) is 0 Å². The predicted octanol–water partition coefficient (Wildman–Crippen LogP) is 1.41. The number of carbonyl (C=O) groups is 1. The standard InChI is InChI=1S/C17H35N5O2/c1-17(2,3)24-16(23)20-11-7-10-19-15(18-4)21-12-14(22(5)6)13-8-9-13/h13-14H,7-12H2,1-6H3,(H,20,23)(H2,18,19,21). The molecule has 7 nitrogen and oxygen atoms in total. The predicted molar refractivity (Wildman–Crippen MR) is 98.4 cm³/mol. The number of likely N-dealkylation sites (N-methyl/N-ethyl adjacent to an activating group) is 1. The smallest absolute Gasteiger partial charge is 0.407 e. The molecule has 1 aliphatic carbocycles. The molecule has 0 spiro atoms. The van der Waals surface area contributed by atoms with E-state index in [1.807, 2.05) is 20.8 Å². The Morgan fingerprint density at radius 3 is 2.33 bits per heavy atom. The molecule has 0 saturated heterocycles. The Hall–Kier alpha value is -1.50. The fraction of sp³-hybridized carbons (Fsp3) is 0.882. The topological polar surface area (TPSA) is 78.0 Å². The van der Waals surface area contributed by atoms with Crippen LogP contribution in [0.15, 0.2) is 4.99 Å². The number of nitrogens with one attached hydrogen (secondary N) is 3. The van der Waals surface area contributed by atoms with Crippen molar-refractivity contribution in [3.05, 3.63) is 0 Å². The quantitative estimate of drug-likeness (QED) is 0.353. The summed E-state index contributed by atoms with van der Waals surface area (Å²) in [7, 11) is 6.03. The molecule has 0 radical (unpaired) electrons. The molecule has 7 heteroatoms. The summed E-state index contributed by atoms with van der Waals surface area (Å²) in [6.07, 6.45) is 3.09. The summed E-state index contributed by atoms with van der Waals surface area (Å²) in [5.74, 6) is 1.61. The Balaban J connectivity index is 2.15. The van der Waals surface area contributed by atoms with Crippen LogP contribution in [0.5, 0.6) is 0 Å². The number of hydrogen-bond acceptors (Lipinski definition) is 4. The van der Waals surface area contributed by atoms with Gasteiger partial charge in [-0.15, -0.1) is 0 Å². The van der Waals surface area contributed by atoms with Gasteiger partial charge in [0.15, 0.2) is 5.96 Å². The molecule has 1 saturated carbocycles. The van der Waals surface area contributed by atoms with Crippen molar-refractivity contribution >= 4 is 12.1 Å². The second kappa shape index (κ2) is 9.71. The molecular formula is C17H35N5O2. The van der Waals surface area contributed by atoms with E-state index in [1.165, 1.54) is 12.8 Å². The highest BCUT2D eigenvalue weighted by Gasteiger charge is 2.32. The molecule has 24 heavy (non-hydrogen) atoms. The van der Waals surface area contributed by atoms with Gasteiger partial charge in [-0.3, -0.25) is 4.99 Å². The minimum atomic E-state index is -0.459. The number of nitrogens with zero attached hydrogens (tertiary/aromatic N) is 2. The number of rotatable bonds is 8. The first-order valence-corrected chi connectivity index (χ1v) is 8.80. The molecule has 1 unspecified atom stereocenters. The molecule has 0 aliphatic heterocycles. The van der Waals surface area contributed by atoms with E-state index >= 15 is 0 Å². The molecule has 1 rings (SSSR count). The molecule has 0 aromatic rings. The molecule has 1 aliphatic rings. The van der Waals surface area contributed by atoms with Crippen molar-refractivity contribution in [3.8, 4) is 0 Å².